The van der Waals surface area contributed by atoms with Gasteiger partial charge in [-0.2, -0.15) is 5.10 Å². The largest absolute Gasteiger partial charge is 0.335 e. The molecule has 2 aromatic rings. The summed E-state index contributed by atoms with van der Waals surface area (Å²) in [6, 6.07) is 4.36. The van der Waals surface area contributed by atoms with E-state index in [0.717, 1.165) is 30.0 Å². The Hall–Kier alpha value is -1.62. The average Bonchev–Trinajstić information content (AvgIpc) is 3.12. The van der Waals surface area contributed by atoms with Crippen molar-refractivity contribution in [2.24, 2.45) is 7.05 Å². The molecule has 1 aliphatic rings. The summed E-state index contributed by atoms with van der Waals surface area (Å²) in [4.78, 5) is 17.2. The van der Waals surface area contributed by atoms with Crippen LogP contribution in [0.15, 0.2) is 12.1 Å². The molecule has 4 nitrogen and oxygen atoms in total. The molecule has 1 saturated heterocycles. The van der Waals surface area contributed by atoms with Crippen LogP contribution < -0.4 is 0 Å². The standard InChI is InChI=1S/C17H23N3OS/c1-11-7-8-14(22-11)10-16(21)20-9-5-6-15(20)17-12(2)18-19(4)13(17)3/h7-8,15H,5-6,9-10H2,1-4H3. The Kier molecular flexibility index (Phi) is 4.08. The number of hydrogen-bond acceptors (Lipinski definition) is 3. The summed E-state index contributed by atoms with van der Waals surface area (Å²) >= 11 is 1.72. The molecule has 22 heavy (non-hydrogen) atoms. The molecule has 1 atom stereocenters. The van der Waals surface area contributed by atoms with Crippen molar-refractivity contribution in [3.05, 3.63) is 38.8 Å². The minimum Gasteiger partial charge on any atom is -0.335 e. The van der Waals surface area contributed by atoms with Crippen LogP contribution in [0, 0.1) is 20.8 Å². The van der Waals surface area contributed by atoms with Crippen molar-refractivity contribution in [3.63, 3.8) is 0 Å². The molecule has 0 aliphatic carbocycles. The highest BCUT2D eigenvalue weighted by atomic mass is 32.1. The first kappa shape index (κ1) is 15.3. The predicted molar refractivity (Wildman–Crippen MR) is 89.1 cm³/mol. The second-order valence-electron chi connectivity index (χ2n) is 6.14. The van der Waals surface area contributed by atoms with Gasteiger partial charge in [-0.15, -0.1) is 11.3 Å². The zero-order chi connectivity index (χ0) is 15.9. The molecule has 0 spiro atoms. The Morgan fingerprint density at radius 1 is 1.36 bits per heavy atom. The van der Waals surface area contributed by atoms with Gasteiger partial charge in [0.25, 0.3) is 0 Å². The average molecular weight is 317 g/mol. The molecule has 0 bridgehead atoms. The van der Waals surface area contributed by atoms with E-state index in [1.807, 2.05) is 18.7 Å². The molecule has 3 heterocycles. The quantitative estimate of drug-likeness (QED) is 0.871. The summed E-state index contributed by atoms with van der Waals surface area (Å²) in [6.45, 7) is 7.09. The summed E-state index contributed by atoms with van der Waals surface area (Å²) in [5, 5.41) is 4.52. The van der Waals surface area contributed by atoms with Crippen molar-refractivity contribution in [2.45, 2.75) is 46.1 Å². The number of hydrogen-bond donors (Lipinski definition) is 0. The maximum absolute atomic E-state index is 12.7. The van der Waals surface area contributed by atoms with E-state index in [9.17, 15) is 4.79 Å². The van der Waals surface area contributed by atoms with Crippen molar-refractivity contribution >= 4 is 17.2 Å². The van der Waals surface area contributed by atoms with Crippen molar-refractivity contribution < 1.29 is 4.79 Å². The Balaban J connectivity index is 1.82. The van der Waals surface area contributed by atoms with Gasteiger partial charge in [0.15, 0.2) is 0 Å². The normalized spacial score (nSPS) is 18.2. The topological polar surface area (TPSA) is 38.1 Å². The number of carbonyl (C=O) groups is 1. The van der Waals surface area contributed by atoms with Crippen LogP contribution in [0.4, 0.5) is 0 Å². The van der Waals surface area contributed by atoms with Crippen molar-refractivity contribution in [3.8, 4) is 0 Å². The van der Waals surface area contributed by atoms with Crippen LogP contribution in [0.5, 0.6) is 0 Å². The molecule has 1 fully saturated rings. The minimum absolute atomic E-state index is 0.197. The first-order chi connectivity index (χ1) is 10.5. The van der Waals surface area contributed by atoms with Gasteiger partial charge in [0.2, 0.25) is 5.91 Å². The van der Waals surface area contributed by atoms with Crippen LogP contribution in [-0.4, -0.2) is 27.1 Å². The third kappa shape index (κ3) is 2.70. The summed E-state index contributed by atoms with van der Waals surface area (Å²) in [5.41, 5.74) is 3.47. The minimum atomic E-state index is 0.197. The Morgan fingerprint density at radius 2 is 2.14 bits per heavy atom. The third-order valence-corrected chi connectivity index (χ3v) is 5.59. The molecule has 5 heteroatoms. The van der Waals surface area contributed by atoms with Gasteiger partial charge in [-0.25, -0.2) is 0 Å². The van der Waals surface area contributed by atoms with E-state index in [1.165, 1.54) is 16.1 Å². The number of carbonyl (C=O) groups excluding carboxylic acids is 1. The van der Waals surface area contributed by atoms with Gasteiger partial charge in [0.05, 0.1) is 18.2 Å². The molecule has 118 valence electrons. The monoisotopic (exact) mass is 317 g/mol. The van der Waals surface area contributed by atoms with Gasteiger partial charge in [0.1, 0.15) is 0 Å². The number of rotatable bonds is 3. The van der Waals surface area contributed by atoms with Crippen molar-refractivity contribution in [2.75, 3.05) is 6.54 Å². The van der Waals surface area contributed by atoms with Crippen LogP contribution in [0.1, 0.15) is 45.6 Å². The van der Waals surface area contributed by atoms with E-state index in [2.05, 4.69) is 36.0 Å². The lowest BCUT2D eigenvalue weighted by molar-refractivity contribution is -0.131. The molecule has 1 aliphatic heterocycles. The lowest BCUT2D eigenvalue weighted by Crippen LogP contribution is -2.32. The molecule has 0 saturated carbocycles. The SMILES string of the molecule is Cc1ccc(CC(=O)N2CCCC2c2c(C)nn(C)c2C)s1. The van der Waals surface area contributed by atoms with E-state index in [0.29, 0.717) is 6.42 Å². The van der Waals surface area contributed by atoms with E-state index in [4.69, 9.17) is 0 Å². The first-order valence-electron chi connectivity index (χ1n) is 7.82. The molecule has 1 amide bonds. The van der Waals surface area contributed by atoms with Crippen LogP contribution in [0.3, 0.4) is 0 Å². The number of likely N-dealkylation sites (tertiary alicyclic amines) is 1. The van der Waals surface area contributed by atoms with E-state index in [-0.39, 0.29) is 11.9 Å². The van der Waals surface area contributed by atoms with Crippen molar-refractivity contribution in [1.82, 2.24) is 14.7 Å². The van der Waals surface area contributed by atoms with Crippen LogP contribution >= 0.6 is 11.3 Å². The maximum Gasteiger partial charge on any atom is 0.228 e. The zero-order valence-corrected chi connectivity index (χ0v) is 14.5. The lowest BCUT2D eigenvalue weighted by atomic mass is 10.0. The number of aryl methyl sites for hydroxylation is 3. The molecule has 0 N–H and O–H groups in total. The van der Waals surface area contributed by atoms with Gasteiger partial charge in [-0.3, -0.25) is 9.48 Å². The maximum atomic E-state index is 12.7. The highest BCUT2D eigenvalue weighted by Crippen LogP contribution is 2.36. The van der Waals surface area contributed by atoms with Gasteiger partial charge in [-0.1, -0.05) is 0 Å². The first-order valence-corrected chi connectivity index (χ1v) is 8.64. The fourth-order valence-electron chi connectivity index (χ4n) is 3.47. The molecule has 3 rings (SSSR count). The van der Waals surface area contributed by atoms with Crippen molar-refractivity contribution in [1.29, 1.82) is 0 Å². The second kappa shape index (κ2) is 5.88. The van der Waals surface area contributed by atoms with Gasteiger partial charge in [0, 0.05) is 34.6 Å². The van der Waals surface area contributed by atoms with Gasteiger partial charge in [-0.05, 0) is 45.7 Å². The van der Waals surface area contributed by atoms with E-state index < -0.39 is 0 Å². The fourth-order valence-corrected chi connectivity index (χ4v) is 4.35. The molecule has 0 radical (unpaired) electrons. The Labute approximate surface area is 135 Å². The molecule has 1 unspecified atom stereocenters. The molecular formula is C17H23N3OS. The highest BCUT2D eigenvalue weighted by molar-refractivity contribution is 7.12. The zero-order valence-electron chi connectivity index (χ0n) is 13.7. The number of aromatic nitrogens is 2. The summed E-state index contributed by atoms with van der Waals surface area (Å²) in [5.74, 6) is 0.243. The summed E-state index contributed by atoms with van der Waals surface area (Å²) < 4.78 is 1.92. The van der Waals surface area contributed by atoms with Gasteiger partial charge < -0.3 is 4.90 Å². The number of thiophene rings is 1. The number of nitrogens with zero attached hydrogens (tertiary/aromatic N) is 3. The van der Waals surface area contributed by atoms with Crippen LogP contribution in [0.2, 0.25) is 0 Å². The second-order valence-corrected chi connectivity index (χ2v) is 7.51. The predicted octanol–water partition coefficient (Wildman–Crippen LogP) is 3.31. The van der Waals surface area contributed by atoms with Crippen LogP contribution in [0.25, 0.3) is 0 Å². The summed E-state index contributed by atoms with van der Waals surface area (Å²) in [6.07, 6.45) is 2.64. The lowest BCUT2D eigenvalue weighted by Gasteiger charge is -2.25. The molecule has 2 aromatic heterocycles. The number of amides is 1. The molecule has 0 aromatic carbocycles. The smallest absolute Gasteiger partial charge is 0.228 e. The Bertz CT molecular complexity index is 701. The highest BCUT2D eigenvalue weighted by Gasteiger charge is 2.33. The van der Waals surface area contributed by atoms with E-state index >= 15 is 0 Å². The third-order valence-electron chi connectivity index (χ3n) is 4.59. The molecular weight excluding hydrogens is 294 g/mol. The Morgan fingerprint density at radius 3 is 2.73 bits per heavy atom. The van der Waals surface area contributed by atoms with Crippen LogP contribution in [-0.2, 0) is 18.3 Å². The fraction of sp³-hybridized carbons (Fsp3) is 0.529. The van der Waals surface area contributed by atoms with E-state index in [1.54, 1.807) is 11.3 Å². The van der Waals surface area contributed by atoms with Gasteiger partial charge >= 0.3 is 0 Å². The summed E-state index contributed by atoms with van der Waals surface area (Å²) in [7, 11) is 1.97.